The van der Waals surface area contributed by atoms with Crippen LogP contribution in [0.1, 0.15) is 19.1 Å². The van der Waals surface area contributed by atoms with Gasteiger partial charge in [-0.25, -0.2) is 9.36 Å². The van der Waals surface area contributed by atoms with Crippen molar-refractivity contribution >= 4 is 17.1 Å². The van der Waals surface area contributed by atoms with Crippen LogP contribution in [0.3, 0.4) is 0 Å². The molecule has 1 aliphatic rings. The number of hydrogen-bond donors (Lipinski definition) is 3. The second kappa shape index (κ2) is 5.43. The molecule has 3 rings (SSSR count). The Hall–Kier alpha value is -2.39. The number of fused-ring (bicyclic) bond motifs is 1. The number of hydrogen-bond acceptors (Lipinski definition) is 6. The Morgan fingerprint density at radius 1 is 1.50 bits per heavy atom. The SMILES string of the molecule is C=CCn1c(=O)n([C@H]2CC[C@@H](CO)O2)c2nc(N)[nH]c(=O)c21. The molecule has 1 aliphatic heterocycles. The van der Waals surface area contributed by atoms with E-state index in [4.69, 9.17) is 15.6 Å². The molecule has 2 aromatic heterocycles. The lowest BCUT2D eigenvalue weighted by Crippen LogP contribution is -2.28. The summed E-state index contributed by atoms with van der Waals surface area (Å²) in [5.41, 5.74) is 4.99. The Morgan fingerprint density at radius 3 is 2.91 bits per heavy atom. The van der Waals surface area contributed by atoms with E-state index in [0.29, 0.717) is 12.8 Å². The predicted molar refractivity (Wildman–Crippen MR) is 79.5 cm³/mol. The number of allylic oxidation sites excluding steroid dienone is 1. The molecule has 0 aromatic carbocycles. The lowest BCUT2D eigenvalue weighted by molar-refractivity contribution is -0.0223. The van der Waals surface area contributed by atoms with Crippen molar-refractivity contribution in [1.82, 2.24) is 19.1 Å². The summed E-state index contributed by atoms with van der Waals surface area (Å²) < 4.78 is 8.24. The molecule has 0 aliphatic carbocycles. The molecule has 0 radical (unpaired) electrons. The van der Waals surface area contributed by atoms with Gasteiger partial charge in [0, 0.05) is 6.54 Å². The Labute approximate surface area is 124 Å². The van der Waals surface area contributed by atoms with Crippen LogP contribution >= 0.6 is 0 Å². The van der Waals surface area contributed by atoms with Crippen LogP contribution in [0, 0.1) is 0 Å². The average molecular weight is 307 g/mol. The van der Waals surface area contributed by atoms with Crippen molar-refractivity contribution in [3.63, 3.8) is 0 Å². The molecular formula is C13H17N5O4. The number of ether oxygens (including phenoxy) is 1. The van der Waals surface area contributed by atoms with Crippen LogP contribution < -0.4 is 17.0 Å². The van der Waals surface area contributed by atoms with Gasteiger partial charge in [0.25, 0.3) is 5.56 Å². The Morgan fingerprint density at radius 2 is 2.27 bits per heavy atom. The molecule has 1 fully saturated rings. The summed E-state index contributed by atoms with van der Waals surface area (Å²) >= 11 is 0. The fourth-order valence-electron chi connectivity index (χ4n) is 2.77. The quantitative estimate of drug-likeness (QED) is 0.642. The number of anilines is 1. The minimum absolute atomic E-state index is 0.0706. The van der Waals surface area contributed by atoms with E-state index in [1.807, 2.05) is 0 Å². The summed E-state index contributed by atoms with van der Waals surface area (Å²) in [6, 6.07) is 0. The summed E-state index contributed by atoms with van der Waals surface area (Å²) in [5.74, 6) is -0.0706. The molecule has 1 saturated heterocycles. The topological polar surface area (TPSA) is 128 Å². The molecule has 2 atom stereocenters. The Balaban J connectivity index is 2.26. The van der Waals surface area contributed by atoms with E-state index in [1.54, 1.807) is 0 Å². The largest absolute Gasteiger partial charge is 0.394 e. The zero-order valence-electron chi connectivity index (χ0n) is 11.9. The van der Waals surface area contributed by atoms with Gasteiger partial charge in [-0.15, -0.1) is 6.58 Å². The molecule has 0 bridgehead atoms. The van der Waals surface area contributed by atoms with E-state index in [0.717, 1.165) is 0 Å². The fourth-order valence-corrected chi connectivity index (χ4v) is 2.77. The normalized spacial score (nSPS) is 21.5. The number of rotatable bonds is 4. The van der Waals surface area contributed by atoms with Gasteiger partial charge in [0.15, 0.2) is 11.2 Å². The van der Waals surface area contributed by atoms with Crippen LogP contribution in [-0.4, -0.2) is 36.9 Å². The smallest absolute Gasteiger partial charge is 0.332 e. The van der Waals surface area contributed by atoms with Crippen molar-refractivity contribution in [3.05, 3.63) is 33.5 Å². The molecule has 2 aromatic rings. The summed E-state index contributed by atoms with van der Waals surface area (Å²) in [7, 11) is 0. The third-order valence-electron chi connectivity index (χ3n) is 3.72. The molecule has 0 amide bonds. The number of nitrogens with one attached hydrogen (secondary N) is 1. The summed E-state index contributed by atoms with van der Waals surface area (Å²) in [5, 5.41) is 9.17. The lowest BCUT2D eigenvalue weighted by Gasteiger charge is -2.13. The van der Waals surface area contributed by atoms with Crippen LogP contribution in [0.15, 0.2) is 22.2 Å². The highest BCUT2D eigenvalue weighted by Crippen LogP contribution is 2.28. The number of nitrogens with two attached hydrogens (primary N) is 1. The summed E-state index contributed by atoms with van der Waals surface area (Å²) in [6.45, 7) is 3.65. The minimum Gasteiger partial charge on any atom is -0.394 e. The van der Waals surface area contributed by atoms with Gasteiger partial charge in [0.05, 0.1) is 12.7 Å². The third kappa shape index (κ3) is 2.14. The van der Waals surface area contributed by atoms with Crippen molar-refractivity contribution in [3.8, 4) is 0 Å². The van der Waals surface area contributed by atoms with Gasteiger partial charge in [0.2, 0.25) is 5.95 Å². The first-order chi connectivity index (χ1) is 10.6. The van der Waals surface area contributed by atoms with Crippen LogP contribution in [0.5, 0.6) is 0 Å². The number of nitrogen functional groups attached to an aromatic ring is 1. The molecule has 0 saturated carbocycles. The van der Waals surface area contributed by atoms with Crippen molar-refractivity contribution < 1.29 is 9.84 Å². The van der Waals surface area contributed by atoms with E-state index in [-0.39, 0.29) is 36.4 Å². The molecule has 9 heteroatoms. The van der Waals surface area contributed by atoms with Gasteiger partial charge in [-0.3, -0.25) is 14.3 Å². The van der Waals surface area contributed by atoms with Gasteiger partial charge in [0.1, 0.15) is 6.23 Å². The average Bonchev–Trinajstić information content (AvgIpc) is 3.03. The van der Waals surface area contributed by atoms with Gasteiger partial charge in [-0.2, -0.15) is 4.98 Å². The van der Waals surface area contributed by atoms with E-state index < -0.39 is 17.5 Å². The number of aliphatic hydroxyl groups excluding tert-OH is 1. The van der Waals surface area contributed by atoms with E-state index >= 15 is 0 Å². The highest BCUT2D eigenvalue weighted by molar-refractivity contribution is 5.71. The highest BCUT2D eigenvalue weighted by Gasteiger charge is 2.31. The number of nitrogens with zero attached hydrogens (tertiary/aromatic N) is 3. The van der Waals surface area contributed by atoms with E-state index in [1.165, 1.54) is 15.2 Å². The molecular weight excluding hydrogens is 290 g/mol. The maximum Gasteiger partial charge on any atom is 0.332 e. The maximum absolute atomic E-state index is 12.6. The molecule has 118 valence electrons. The minimum atomic E-state index is -0.577. The number of aliphatic hydroxyl groups is 1. The summed E-state index contributed by atoms with van der Waals surface area (Å²) in [6.07, 6.45) is 1.79. The van der Waals surface area contributed by atoms with Crippen LogP contribution in [-0.2, 0) is 11.3 Å². The van der Waals surface area contributed by atoms with E-state index in [2.05, 4.69) is 16.5 Å². The first-order valence-electron chi connectivity index (χ1n) is 6.94. The highest BCUT2D eigenvalue weighted by atomic mass is 16.5. The number of aromatic nitrogens is 4. The van der Waals surface area contributed by atoms with Crippen LogP contribution in [0.4, 0.5) is 5.95 Å². The Bertz CT molecular complexity index is 833. The van der Waals surface area contributed by atoms with Crippen molar-refractivity contribution in [2.24, 2.45) is 0 Å². The molecule has 3 heterocycles. The lowest BCUT2D eigenvalue weighted by atomic mass is 10.2. The van der Waals surface area contributed by atoms with Gasteiger partial charge >= 0.3 is 5.69 Å². The molecule has 4 N–H and O–H groups in total. The monoisotopic (exact) mass is 307 g/mol. The number of imidazole rings is 1. The van der Waals surface area contributed by atoms with Gasteiger partial charge in [-0.05, 0) is 12.8 Å². The van der Waals surface area contributed by atoms with Gasteiger partial charge < -0.3 is 15.6 Å². The standard InChI is InChI=1S/C13H17N5O4/c1-2-5-17-9-10(15-12(14)16-11(9)20)18(13(17)21)8-4-3-7(6-19)22-8/h2,7-8,19H,1,3-6H2,(H3,14,15,16,20)/t7-,8+/m0/s1. The zero-order valence-corrected chi connectivity index (χ0v) is 11.9. The second-order valence-electron chi connectivity index (χ2n) is 5.15. The first-order valence-corrected chi connectivity index (χ1v) is 6.94. The number of H-pyrrole nitrogens is 1. The zero-order chi connectivity index (χ0) is 15.9. The Kier molecular flexibility index (Phi) is 3.59. The molecule has 0 unspecified atom stereocenters. The molecule has 9 nitrogen and oxygen atoms in total. The maximum atomic E-state index is 12.6. The number of aromatic amines is 1. The molecule has 0 spiro atoms. The van der Waals surface area contributed by atoms with Gasteiger partial charge in [-0.1, -0.05) is 6.08 Å². The third-order valence-corrected chi connectivity index (χ3v) is 3.72. The second-order valence-corrected chi connectivity index (χ2v) is 5.15. The fraction of sp³-hybridized carbons (Fsp3) is 0.462. The predicted octanol–water partition coefficient (Wildman–Crippen LogP) is -0.676. The van der Waals surface area contributed by atoms with Crippen molar-refractivity contribution in [1.29, 1.82) is 0 Å². The van der Waals surface area contributed by atoms with Crippen molar-refractivity contribution in [2.75, 3.05) is 12.3 Å². The summed E-state index contributed by atoms with van der Waals surface area (Å²) in [4.78, 5) is 31.2. The molecule has 22 heavy (non-hydrogen) atoms. The first kappa shape index (κ1) is 14.5. The van der Waals surface area contributed by atoms with E-state index in [9.17, 15) is 9.59 Å². The van der Waals surface area contributed by atoms with Crippen LogP contribution in [0.25, 0.3) is 11.2 Å². The van der Waals surface area contributed by atoms with Crippen LogP contribution in [0.2, 0.25) is 0 Å². The van der Waals surface area contributed by atoms with Crippen molar-refractivity contribution in [2.45, 2.75) is 31.7 Å².